The van der Waals surface area contributed by atoms with Gasteiger partial charge in [-0.15, -0.1) is 10.2 Å². The first-order valence-electron chi connectivity index (χ1n) is 7.88. The molecule has 3 rings (SSSR count). The first-order chi connectivity index (χ1) is 13.0. The molecule has 6 nitrogen and oxygen atoms in total. The van der Waals surface area contributed by atoms with Crippen LogP contribution in [0.5, 0.6) is 5.75 Å². The maximum Gasteiger partial charge on any atom is 0.313 e. The van der Waals surface area contributed by atoms with Crippen molar-refractivity contribution in [1.82, 2.24) is 14.8 Å². The van der Waals surface area contributed by atoms with Crippen molar-refractivity contribution >= 4 is 40.9 Å². The number of nitrogens with zero attached hydrogens (tertiary/aromatic N) is 3. The number of thioether (sulfide) groups is 1. The maximum absolute atomic E-state index is 11.0. The van der Waals surface area contributed by atoms with Crippen LogP contribution >= 0.6 is 35.0 Å². The minimum absolute atomic E-state index is 0.129. The van der Waals surface area contributed by atoms with Gasteiger partial charge in [-0.2, -0.15) is 0 Å². The molecule has 0 spiro atoms. The number of hydrogen-bond donors (Lipinski definition) is 1. The molecule has 140 valence electrons. The first kappa shape index (κ1) is 19.5. The largest absolute Gasteiger partial charge is 0.486 e. The van der Waals surface area contributed by atoms with E-state index in [-0.39, 0.29) is 12.4 Å². The SMILES string of the molecule is Cc1c(Cl)cccc1-n1c(COc2ccc(Cl)cc2)nnc1SCC(=O)O. The van der Waals surface area contributed by atoms with Crippen LogP contribution in [0.1, 0.15) is 11.4 Å². The number of benzene rings is 2. The molecule has 0 saturated carbocycles. The van der Waals surface area contributed by atoms with Gasteiger partial charge in [-0.05, 0) is 48.9 Å². The summed E-state index contributed by atoms with van der Waals surface area (Å²) in [6.07, 6.45) is 0. The van der Waals surface area contributed by atoms with Crippen molar-refractivity contribution in [2.24, 2.45) is 0 Å². The van der Waals surface area contributed by atoms with Gasteiger partial charge in [0.15, 0.2) is 11.0 Å². The molecule has 0 bridgehead atoms. The van der Waals surface area contributed by atoms with Gasteiger partial charge in [-0.1, -0.05) is 41.0 Å². The molecule has 0 unspecified atom stereocenters. The van der Waals surface area contributed by atoms with Gasteiger partial charge in [-0.3, -0.25) is 9.36 Å². The Balaban J connectivity index is 1.94. The van der Waals surface area contributed by atoms with E-state index in [2.05, 4.69) is 10.2 Å². The van der Waals surface area contributed by atoms with E-state index >= 15 is 0 Å². The van der Waals surface area contributed by atoms with Crippen molar-refractivity contribution in [2.45, 2.75) is 18.7 Å². The van der Waals surface area contributed by atoms with Gasteiger partial charge >= 0.3 is 5.97 Å². The third-order valence-corrected chi connectivity index (χ3v) is 5.26. The number of carboxylic acid groups (broad SMARTS) is 1. The predicted octanol–water partition coefficient (Wildman–Crippen LogP) is 4.64. The van der Waals surface area contributed by atoms with Crippen molar-refractivity contribution in [3.8, 4) is 11.4 Å². The van der Waals surface area contributed by atoms with Gasteiger partial charge in [0.05, 0.1) is 11.4 Å². The Morgan fingerprint density at radius 1 is 1.19 bits per heavy atom. The molecule has 27 heavy (non-hydrogen) atoms. The number of rotatable bonds is 7. The third-order valence-electron chi connectivity index (χ3n) is 3.69. The highest BCUT2D eigenvalue weighted by atomic mass is 35.5. The summed E-state index contributed by atoms with van der Waals surface area (Å²) in [5.74, 6) is 0.103. The number of hydrogen-bond acceptors (Lipinski definition) is 5. The Morgan fingerprint density at radius 3 is 2.63 bits per heavy atom. The molecular weight excluding hydrogens is 409 g/mol. The number of aromatic nitrogens is 3. The Labute approximate surface area is 170 Å². The molecule has 0 aliphatic heterocycles. The number of aliphatic carboxylic acids is 1. The summed E-state index contributed by atoms with van der Waals surface area (Å²) in [6, 6.07) is 12.5. The van der Waals surface area contributed by atoms with E-state index in [9.17, 15) is 4.79 Å². The standard InChI is InChI=1S/C18H15Cl2N3O3S/c1-11-14(20)3-2-4-15(11)23-16(21-22-18(23)27-10-17(24)25)9-26-13-7-5-12(19)6-8-13/h2-8H,9-10H2,1H3,(H,24,25). The second-order valence-corrected chi connectivity index (χ2v) is 7.33. The topological polar surface area (TPSA) is 77.2 Å². The molecule has 0 saturated heterocycles. The van der Waals surface area contributed by atoms with E-state index in [0.29, 0.717) is 26.8 Å². The average Bonchev–Trinajstić information content (AvgIpc) is 3.04. The van der Waals surface area contributed by atoms with Crippen LogP contribution in [0, 0.1) is 6.92 Å². The van der Waals surface area contributed by atoms with Crippen LogP contribution in [-0.4, -0.2) is 31.6 Å². The van der Waals surface area contributed by atoms with E-state index in [0.717, 1.165) is 23.0 Å². The van der Waals surface area contributed by atoms with Gasteiger partial charge < -0.3 is 9.84 Å². The smallest absolute Gasteiger partial charge is 0.313 e. The van der Waals surface area contributed by atoms with Crippen molar-refractivity contribution in [2.75, 3.05) is 5.75 Å². The number of ether oxygens (including phenoxy) is 1. The van der Waals surface area contributed by atoms with E-state index in [1.54, 1.807) is 34.9 Å². The fourth-order valence-electron chi connectivity index (χ4n) is 2.37. The van der Waals surface area contributed by atoms with Crippen molar-refractivity contribution in [1.29, 1.82) is 0 Å². The van der Waals surface area contributed by atoms with Crippen LogP contribution in [-0.2, 0) is 11.4 Å². The fourth-order valence-corrected chi connectivity index (χ4v) is 3.35. The highest BCUT2D eigenvalue weighted by molar-refractivity contribution is 7.99. The van der Waals surface area contributed by atoms with E-state index < -0.39 is 5.97 Å². The highest BCUT2D eigenvalue weighted by Gasteiger charge is 2.18. The van der Waals surface area contributed by atoms with Crippen molar-refractivity contribution in [3.63, 3.8) is 0 Å². The lowest BCUT2D eigenvalue weighted by molar-refractivity contribution is -0.133. The van der Waals surface area contributed by atoms with Gasteiger partial charge in [0.25, 0.3) is 0 Å². The summed E-state index contributed by atoms with van der Waals surface area (Å²) in [5.41, 5.74) is 1.61. The minimum atomic E-state index is -0.934. The zero-order valence-electron chi connectivity index (χ0n) is 14.2. The van der Waals surface area contributed by atoms with Crippen molar-refractivity contribution in [3.05, 3.63) is 63.9 Å². The predicted molar refractivity (Wildman–Crippen MR) is 105 cm³/mol. The lowest BCUT2D eigenvalue weighted by atomic mass is 10.2. The number of halogens is 2. The molecule has 1 aromatic heterocycles. The Hall–Kier alpha value is -2.22. The van der Waals surface area contributed by atoms with Crippen LogP contribution in [0.15, 0.2) is 47.6 Å². The molecule has 9 heteroatoms. The summed E-state index contributed by atoms with van der Waals surface area (Å²) in [5, 5.41) is 19.0. The first-order valence-corrected chi connectivity index (χ1v) is 9.62. The van der Waals surface area contributed by atoms with Crippen LogP contribution in [0.2, 0.25) is 10.0 Å². The monoisotopic (exact) mass is 423 g/mol. The number of carboxylic acids is 1. The van der Waals surface area contributed by atoms with E-state index in [1.165, 1.54) is 0 Å². The van der Waals surface area contributed by atoms with Gasteiger partial charge in [-0.25, -0.2) is 0 Å². The normalized spacial score (nSPS) is 10.8. The van der Waals surface area contributed by atoms with E-state index in [1.807, 2.05) is 19.1 Å². The highest BCUT2D eigenvalue weighted by Crippen LogP contribution is 2.28. The summed E-state index contributed by atoms with van der Waals surface area (Å²) in [6.45, 7) is 2.03. The molecule has 0 aliphatic carbocycles. The third kappa shape index (κ3) is 4.74. The summed E-state index contributed by atoms with van der Waals surface area (Å²) in [4.78, 5) is 11.0. The summed E-state index contributed by atoms with van der Waals surface area (Å²) in [7, 11) is 0. The molecule has 0 fully saturated rings. The van der Waals surface area contributed by atoms with Gasteiger partial charge in [0.2, 0.25) is 0 Å². The molecule has 0 aliphatic rings. The van der Waals surface area contributed by atoms with E-state index in [4.69, 9.17) is 33.0 Å². The second-order valence-electron chi connectivity index (χ2n) is 5.54. The van der Waals surface area contributed by atoms with Gasteiger partial charge in [0, 0.05) is 10.0 Å². The minimum Gasteiger partial charge on any atom is -0.486 e. The fraction of sp³-hybridized carbons (Fsp3) is 0.167. The molecule has 2 aromatic carbocycles. The summed E-state index contributed by atoms with van der Waals surface area (Å²) >= 11 is 13.2. The van der Waals surface area contributed by atoms with Crippen LogP contribution in [0.25, 0.3) is 5.69 Å². The van der Waals surface area contributed by atoms with Crippen LogP contribution < -0.4 is 4.74 Å². The Kier molecular flexibility index (Phi) is 6.26. The molecule has 0 amide bonds. The number of carbonyl (C=O) groups is 1. The summed E-state index contributed by atoms with van der Waals surface area (Å²) < 4.78 is 7.55. The van der Waals surface area contributed by atoms with Gasteiger partial charge in [0.1, 0.15) is 12.4 Å². The zero-order chi connectivity index (χ0) is 19.4. The van der Waals surface area contributed by atoms with Crippen molar-refractivity contribution < 1.29 is 14.6 Å². The molecule has 0 radical (unpaired) electrons. The molecule has 1 N–H and O–H groups in total. The lowest BCUT2D eigenvalue weighted by Gasteiger charge is -2.14. The molecule has 3 aromatic rings. The van der Waals surface area contributed by atoms with Crippen LogP contribution in [0.3, 0.4) is 0 Å². The molecular formula is C18H15Cl2N3O3S. The zero-order valence-corrected chi connectivity index (χ0v) is 16.6. The second kappa shape index (κ2) is 8.65. The molecule has 1 heterocycles. The molecule has 0 atom stereocenters. The van der Waals surface area contributed by atoms with Crippen LogP contribution in [0.4, 0.5) is 0 Å². The maximum atomic E-state index is 11.0. The average molecular weight is 424 g/mol. The Bertz CT molecular complexity index is 961. The lowest BCUT2D eigenvalue weighted by Crippen LogP contribution is -2.09. The quantitative estimate of drug-likeness (QED) is 0.557. The Morgan fingerprint density at radius 2 is 1.93 bits per heavy atom.